The van der Waals surface area contributed by atoms with Crippen molar-refractivity contribution in [3.63, 3.8) is 0 Å². The number of hydrogen-bond acceptors (Lipinski definition) is 2. The van der Waals surface area contributed by atoms with Crippen LogP contribution in [0.2, 0.25) is 0 Å². The lowest BCUT2D eigenvalue weighted by molar-refractivity contribution is 0.0413. The van der Waals surface area contributed by atoms with Crippen LogP contribution in [0.15, 0.2) is 36.7 Å². The zero-order valence-electron chi connectivity index (χ0n) is 10.8. The molecular formula is C16H19NO. The third kappa shape index (κ3) is 1.81. The van der Waals surface area contributed by atoms with Crippen molar-refractivity contribution in [2.24, 2.45) is 5.92 Å². The molecule has 1 aromatic heterocycles. The molecule has 1 heterocycles. The molecule has 0 saturated heterocycles. The lowest BCUT2D eigenvalue weighted by Gasteiger charge is -2.25. The molecule has 2 aromatic rings. The first-order valence-electron chi connectivity index (χ1n) is 6.78. The summed E-state index contributed by atoms with van der Waals surface area (Å²) < 4.78 is 0. The van der Waals surface area contributed by atoms with Crippen LogP contribution in [0, 0.1) is 5.92 Å². The Balaban J connectivity index is 2.09. The molecule has 0 aliphatic heterocycles. The Kier molecular flexibility index (Phi) is 2.83. The standard InChI is InChI=1S/C16H19NO/c1-2-12-6-8-16(18,10-12)15-5-3-4-13-7-9-17-11-14(13)15/h3-5,7,9,11-12,18H,2,6,8,10H2,1H3. The maximum absolute atomic E-state index is 10.9. The van der Waals surface area contributed by atoms with Crippen LogP contribution in [0.3, 0.4) is 0 Å². The monoisotopic (exact) mass is 241 g/mol. The van der Waals surface area contributed by atoms with Crippen molar-refractivity contribution in [3.05, 3.63) is 42.2 Å². The summed E-state index contributed by atoms with van der Waals surface area (Å²) in [7, 11) is 0. The Labute approximate surface area is 108 Å². The number of nitrogens with zero attached hydrogens (tertiary/aromatic N) is 1. The smallest absolute Gasteiger partial charge is 0.0905 e. The molecule has 1 N–H and O–H groups in total. The van der Waals surface area contributed by atoms with Crippen molar-refractivity contribution in [1.29, 1.82) is 0 Å². The van der Waals surface area contributed by atoms with E-state index in [0.717, 1.165) is 42.0 Å². The van der Waals surface area contributed by atoms with Crippen LogP contribution in [0.25, 0.3) is 10.8 Å². The van der Waals surface area contributed by atoms with Gasteiger partial charge in [-0.25, -0.2) is 0 Å². The Morgan fingerprint density at radius 1 is 1.39 bits per heavy atom. The van der Waals surface area contributed by atoms with Crippen molar-refractivity contribution in [1.82, 2.24) is 4.98 Å². The fraction of sp³-hybridized carbons (Fsp3) is 0.438. The second-order valence-corrected chi connectivity index (χ2v) is 5.45. The number of aromatic nitrogens is 1. The SMILES string of the molecule is CCC1CCC(O)(c2cccc3ccncc23)C1. The van der Waals surface area contributed by atoms with E-state index in [1.807, 2.05) is 18.3 Å². The molecule has 0 radical (unpaired) electrons. The van der Waals surface area contributed by atoms with E-state index in [1.165, 1.54) is 0 Å². The van der Waals surface area contributed by atoms with Crippen LogP contribution in [0.1, 0.15) is 38.2 Å². The summed E-state index contributed by atoms with van der Waals surface area (Å²) in [4.78, 5) is 4.20. The van der Waals surface area contributed by atoms with Crippen molar-refractivity contribution >= 4 is 10.8 Å². The number of hydrogen-bond donors (Lipinski definition) is 1. The van der Waals surface area contributed by atoms with Gasteiger partial charge in [-0.3, -0.25) is 4.98 Å². The van der Waals surface area contributed by atoms with Crippen molar-refractivity contribution in [3.8, 4) is 0 Å². The molecule has 2 atom stereocenters. The predicted octanol–water partition coefficient (Wildman–Crippen LogP) is 3.63. The van der Waals surface area contributed by atoms with Crippen molar-refractivity contribution in [2.75, 3.05) is 0 Å². The van der Waals surface area contributed by atoms with Crippen LogP contribution in [0.4, 0.5) is 0 Å². The minimum absolute atomic E-state index is 0.650. The number of benzene rings is 1. The summed E-state index contributed by atoms with van der Waals surface area (Å²) in [5, 5.41) is 13.2. The van der Waals surface area contributed by atoms with Gasteiger partial charge in [-0.1, -0.05) is 31.5 Å². The van der Waals surface area contributed by atoms with Crippen LogP contribution in [-0.2, 0) is 5.60 Å². The van der Waals surface area contributed by atoms with Gasteiger partial charge in [0, 0.05) is 17.8 Å². The van der Waals surface area contributed by atoms with E-state index in [-0.39, 0.29) is 0 Å². The van der Waals surface area contributed by atoms with E-state index in [0.29, 0.717) is 5.92 Å². The summed E-state index contributed by atoms with van der Waals surface area (Å²) in [6, 6.07) is 8.18. The fourth-order valence-electron chi connectivity index (χ4n) is 3.24. The third-order valence-electron chi connectivity index (χ3n) is 4.35. The molecular weight excluding hydrogens is 222 g/mol. The van der Waals surface area contributed by atoms with Gasteiger partial charge in [0.15, 0.2) is 0 Å². The van der Waals surface area contributed by atoms with Gasteiger partial charge in [-0.2, -0.15) is 0 Å². The van der Waals surface area contributed by atoms with Gasteiger partial charge in [-0.05, 0) is 42.2 Å². The molecule has 1 saturated carbocycles. The number of fused-ring (bicyclic) bond motifs is 1. The van der Waals surface area contributed by atoms with E-state index >= 15 is 0 Å². The first kappa shape index (κ1) is 11.7. The average molecular weight is 241 g/mol. The van der Waals surface area contributed by atoms with E-state index in [1.54, 1.807) is 6.20 Å². The normalized spacial score (nSPS) is 27.8. The number of rotatable bonds is 2. The van der Waals surface area contributed by atoms with Crippen molar-refractivity contribution in [2.45, 2.75) is 38.2 Å². The first-order valence-corrected chi connectivity index (χ1v) is 6.78. The Hall–Kier alpha value is -1.41. The largest absolute Gasteiger partial charge is 0.385 e. The molecule has 2 nitrogen and oxygen atoms in total. The number of aliphatic hydroxyl groups is 1. The maximum atomic E-state index is 10.9. The molecule has 1 aromatic carbocycles. The zero-order valence-corrected chi connectivity index (χ0v) is 10.8. The predicted molar refractivity (Wildman–Crippen MR) is 73.3 cm³/mol. The summed E-state index contributed by atoms with van der Waals surface area (Å²) in [6.07, 6.45) is 7.73. The van der Waals surface area contributed by atoms with E-state index < -0.39 is 5.60 Å². The van der Waals surface area contributed by atoms with Gasteiger partial charge in [0.25, 0.3) is 0 Å². The highest BCUT2D eigenvalue weighted by molar-refractivity contribution is 5.85. The fourth-order valence-corrected chi connectivity index (χ4v) is 3.24. The Morgan fingerprint density at radius 3 is 3.06 bits per heavy atom. The summed E-state index contributed by atoms with van der Waals surface area (Å²) in [5.41, 5.74) is 0.410. The van der Waals surface area contributed by atoms with Gasteiger partial charge in [0.2, 0.25) is 0 Å². The molecule has 0 bridgehead atoms. The molecule has 2 unspecified atom stereocenters. The Bertz CT molecular complexity index is 561. The molecule has 1 fully saturated rings. The highest BCUT2D eigenvalue weighted by atomic mass is 16.3. The summed E-state index contributed by atoms with van der Waals surface area (Å²) >= 11 is 0. The summed E-state index contributed by atoms with van der Waals surface area (Å²) in [6.45, 7) is 2.21. The minimum atomic E-state index is -0.650. The molecule has 2 heteroatoms. The second kappa shape index (κ2) is 4.36. The van der Waals surface area contributed by atoms with E-state index in [9.17, 15) is 5.11 Å². The maximum Gasteiger partial charge on any atom is 0.0905 e. The van der Waals surface area contributed by atoms with Crippen LogP contribution in [-0.4, -0.2) is 10.1 Å². The van der Waals surface area contributed by atoms with E-state index in [2.05, 4.69) is 24.0 Å². The molecule has 94 valence electrons. The molecule has 1 aliphatic carbocycles. The Morgan fingerprint density at radius 2 is 2.28 bits per heavy atom. The highest BCUT2D eigenvalue weighted by Gasteiger charge is 2.38. The zero-order chi connectivity index (χ0) is 12.6. The third-order valence-corrected chi connectivity index (χ3v) is 4.35. The van der Waals surface area contributed by atoms with Crippen molar-refractivity contribution < 1.29 is 5.11 Å². The lowest BCUT2D eigenvalue weighted by atomic mass is 9.87. The minimum Gasteiger partial charge on any atom is -0.385 e. The molecule has 0 spiro atoms. The van der Waals surface area contributed by atoms with Gasteiger partial charge in [0.1, 0.15) is 0 Å². The van der Waals surface area contributed by atoms with Crippen LogP contribution in [0.5, 0.6) is 0 Å². The number of pyridine rings is 1. The molecule has 3 rings (SSSR count). The topological polar surface area (TPSA) is 33.1 Å². The highest BCUT2D eigenvalue weighted by Crippen LogP contribution is 2.45. The van der Waals surface area contributed by atoms with Gasteiger partial charge in [-0.15, -0.1) is 0 Å². The second-order valence-electron chi connectivity index (χ2n) is 5.45. The summed E-state index contributed by atoms with van der Waals surface area (Å²) in [5.74, 6) is 0.655. The van der Waals surface area contributed by atoms with Gasteiger partial charge >= 0.3 is 0 Å². The quantitative estimate of drug-likeness (QED) is 0.871. The average Bonchev–Trinajstić information content (AvgIpc) is 2.81. The molecule has 1 aliphatic rings. The molecule has 18 heavy (non-hydrogen) atoms. The van der Waals surface area contributed by atoms with Gasteiger partial charge < -0.3 is 5.11 Å². The molecule has 0 amide bonds. The van der Waals surface area contributed by atoms with Gasteiger partial charge in [0.05, 0.1) is 5.60 Å². The van der Waals surface area contributed by atoms with E-state index in [4.69, 9.17) is 0 Å². The first-order chi connectivity index (χ1) is 8.73. The van der Waals surface area contributed by atoms with Crippen LogP contribution < -0.4 is 0 Å². The van der Waals surface area contributed by atoms with Crippen LogP contribution >= 0.6 is 0 Å². The lowest BCUT2D eigenvalue weighted by Crippen LogP contribution is -2.22.